The molecule has 110 valence electrons. The minimum absolute atomic E-state index is 0.542. The third-order valence-electron chi connectivity index (χ3n) is 3.49. The van der Waals surface area contributed by atoms with Crippen LogP contribution in [0.3, 0.4) is 0 Å². The largest absolute Gasteiger partial charge is 0.451 e. The van der Waals surface area contributed by atoms with Gasteiger partial charge in [0.15, 0.2) is 0 Å². The van der Waals surface area contributed by atoms with Crippen LogP contribution in [0.1, 0.15) is 30.4 Å². The van der Waals surface area contributed by atoms with Gasteiger partial charge in [0.25, 0.3) is 0 Å². The number of ether oxygens (including phenoxy) is 1. The van der Waals surface area contributed by atoms with Crippen molar-refractivity contribution in [2.24, 2.45) is 0 Å². The van der Waals surface area contributed by atoms with Crippen molar-refractivity contribution in [3.63, 3.8) is 0 Å². The van der Waals surface area contributed by atoms with E-state index in [2.05, 4.69) is 0 Å². The Bertz CT molecular complexity index is 593. The minimum atomic E-state index is -4.39. The van der Waals surface area contributed by atoms with Crippen LogP contribution in [0, 0.1) is 11.3 Å². The summed E-state index contributed by atoms with van der Waals surface area (Å²) in [6, 6.07) is 6.31. The number of rotatable bonds is 3. The number of carbonyl (C=O) groups excluding carboxylic acids is 1. The van der Waals surface area contributed by atoms with Crippen LogP contribution in [-0.4, -0.2) is 5.97 Å². The maximum absolute atomic E-state index is 12.5. The van der Waals surface area contributed by atoms with Gasteiger partial charge in [-0.2, -0.15) is 18.4 Å². The Hall–Kier alpha value is -2.29. The van der Waals surface area contributed by atoms with Crippen LogP contribution in [0.25, 0.3) is 0 Å². The van der Waals surface area contributed by atoms with Gasteiger partial charge in [-0.1, -0.05) is 12.1 Å². The van der Waals surface area contributed by atoms with Gasteiger partial charge in [-0.25, -0.2) is 4.79 Å². The molecule has 0 spiro atoms. The van der Waals surface area contributed by atoms with Crippen molar-refractivity contribution in [3.05, 3.63) is 47.5 Å². The number of benzene rings is 1. The Labute approximate surface area is 119 Å². The molecule has 0 bridgehead atoms. The van der Waals surface area contributed by atoms with Crippen LogP contribution in [-0.2, 0) is 21.3 Å². The molecule has 0 saturated heterocycles. The van der Waals surface area contributed by atoms with E-state index >= 15 is 0 Å². The van der Waals surface area contributed by atoms with Crippen molar-refractivity contribution in [2.75, 3.05) is 0 Å². The smallest absolute Gasteiger partial charge is 0.416 e. The van der Waals surface area contributed by atoms with E-state index in [0.29, 0.717) is 18.4 Å². The van der Waals surface area contributed by atoms with Crippen molar-refractivity contribution < 1.29 is 22.7 Å². The molecule has 0 aromatic heterocycles. The number of hydrogen-bond donors (Lipinski definition) is 0. The van der Waals surface area contributed by atoms with Crippen molar-refractivity contribution in [1.29, 1.82) is 5.26 Å². The second kappa shape index (κ2) is 5.60. The Kier molecular flexibility index (Phi) is 4.03. The van der Waals surface area contributed by atoms with Gasteiger partial charge in [-0.3, -0.25) is 0 Å². The maximum atomic E-state index is 12.5. The van der Waals surface area contributed by atoms with Crippen LogP contribution in [0.4, 0.5) is 13.2 Å². The summed E-state index contributed by atoms with van der Waals surface area (Å²) in [4.78, 5) is 11.6. The molecular formula is C15H12F3NO2. The van der Waals surface area contributed by atoms with Gasteiger partial charge in [0.1, 0.15) is 5.60 Å². The van der Waals surface area contributed by atoms with E-state index in [4.69, 9.17) is 10.00 Å². The molecule has 2 rings (SSSR count). The SMILES string of the molecule is N#C/C=C/C(=O)OC1(c2ccc(C(F)(F)F)cc2)CCC1. The summed E-state index contributed by atoms with van der Waals surface area (Å²) in [5.41, 5.74) is -1.07. The summed E-state index contributed by atoms with van der Waals surface area (Å²) in [5, 5.41) is 8.36. The molecule has 0 unspecified atom stereocenters. The lowest BCUT2D eigenvalue weighted by Crippen LogP contribution is -2.38. The summed E-state index contributed by atoms with van der Waals surface area (Å²) in [5.74, 6) is -0.670. The number of alkyl halides is 3. The molecule has 1 aromatic carbocycles. The summed E-state index contributed by atoms with van der Waals surface area (Å²) < 4.78 is 42.9. The van der Waals surface area contributed by atoms with E-state index in [1.54, 1.807) is 6.07 Å². The number of hydrogen-bond acceptors (Lipinski definition) is 3. The molecule has 1 aliphatic carbocycles. The van der Waals surface area contributed by atoms with Crippen LogP contribution in [0.2, 0.25) is 0 Å². The molecule has 1 aromatic rings. The number of allylic oxidation sites excluding steroid dienone is 1. The Morgan fingerprint density at radius 3 is 2.33 bits per heavy atom. The molecule has 0 N–H and O–H groups in total. The van der Waals surface area contributed by atoms with Gasteiger partial charge in [-0.05, 0) is 37.0 Å². The molecule has 3 nitrogen and oxygen atoms in total. The van der Waals surface area contributed by atoms with Gasteiger partial charge in [0.05, 0.1) is 11.6 Å². The summed E-state index contributed by atoms with van der Waals surface area (Å²) >= 11 is 0. The van der Waals surface area contributed by atoms with Gasteiger partial charge >= 0.3 is 12.1 Å². The minimum Gasteiger partial charge on any atom is -0.451 e. The standard InChI is InChI=1S/C15H12F3NO2/c16-15(17,18)12-6-4-11(5-7-12)14(8-2-9-14)21-13(20)3-1-10-19/h1,3-7H,2,8-9H2/b3-1+. The topological polar surface area (TPSA) is 50.1 Å². The van der Waals surface area contributed by atoms with Crippen molar-refractivity contribution in [1.82, 2.24) is 0 Å². The van der Waals surface area contributed by atoms with Gasteiger partial charge < -0.3 is 4.74 Å². The van der Waals surface area contributed by atoms with Crippen LogP contribution in [0.15, 0.2) is 36.4 Å². The third kappa shape index (κ3) is 3.24. The zero-order valence-electron chi connectivity index (χ0n) is 11.0. The van der Waals surface area contributed by atoms with Crippen molar-refractivity contribution >= 4 is 5.97 Å². The lowest BCUT2D eigenvalue weighted by atomic mass is 9.74. The zero-order chi connectivity index (χ0) is 15.5. The highest BCUT2D eigenvalue weighted by molar-refractivity contribution is 5.83. The van der Waals surface area contributed by atoms with Crippen molar-refractivity contribution in [2.45, 2.75) is 31.0 Å². The normalized spacial score (nSPS) is 17.0. The molecule has 0 radical (unpaired) electrons. The maximum Gasteiger partial charge on any atom is 0.416 e. The third-order valence-corrected chi connectivity index (χ3v) is 3.49. The molecule has 0 heterocycles. The van der Waals surface area contributed by atoms with E-state index in [1.165, 1.54) is 12.1 Å². The first-order valence-corrected chi connectivity index (χ1v) is 6.34. The highest BCUT2D eigenvalue weighted by Gasteiger charge is 2.42. The summed E-state index contributed by atoms with van der Waals surface area (Å²) in [6.45, 7) is 0. The Balaban J connectivity index is 2.19. The van der Waals surface area contributed by atoms with Crippen molar-refractivity contribution in [3.8, 4) is 6.07 Å². The molecule has 1 saturated carbocycles. The number of nitrogens with zero attached hydrogens (tertiary/aromatic N) is 1. The first kappa shape index (κ1) is 15.1. The quantitative estimate of drug-likeness (QED) is 0.485. The predicted molar refractivity (Wildman–Crippen MR) is 67.8 cm³/mol. The molecule has 0 amide bonds. The predicted octanol–water partition coefficient (Wildman–Crippen LogP) is 3.71. The molecule has 0 aliphatic heterocycles. The van der Waals surface area contributed by atoms with E-state index in [-0.39, 0.29) is 0 Å². The fourth-order valence-electron chi connectivity index (χ4n) is 2.24. The fourth-order valence-corrected chi connectivity index (χ4v) is 2.24. The molecule has 1 fully saturated rings. The highest BCUT2D eigenvalue weighted by atomic mass is 19.4. The van der Waals surface area contributed by atoms with Crippen LogP contribution in [0.5, 0.6) is 0 Å². The number of esters is 1. The average molecular weight is 295 g/mol. The number of halogens is 3. The summed E-state index contributed by atoms with van der Waals surface area (Å²) in [7, 11) is 0. The second-order valence-corrected chi connectivity index (χ2v) is 4.81. The lowest BCUT2D eigenvalue weighted by molar-refractivity contribution is -0.165. The van der Waals surface area contributed by atoms with Gasteiger partial charge in [-0.15, -0.1) is 0 Å². The molecule has 1 aliphatic rings. The van der Waals surface area contributed by atoms with E-state index in [0.717, 1.165) is 30.7 Å². The zero-order valence-corrected chi connectivity index (χ0v) is 11.0. The van der Waals surface area contributed by atoms with E-state index in [9.17, 15) is 18.0 Å². The Morgan fingerprint density at radius 2 is 1.90 bits per heavy atom. The summed E-state index contributed by atoms with van der Waals surface area (Å²) in [6.07, 6.45) is -0.436. The fraction of sp³-hybridized carbons (Fsp3) is 0.333. The first-order valence-electron chi connectivity index (χ1n) is 6.34. The van der Waals surface area contributed by atoms with Gasteiger partial charge in [0.2, 0.25) is 0 Å². The Morgan fingerprint density at radius 1 is 1.29 bits per heavy atom. The van der Waals surface area contributed by atoms with Crippen LogP contribution >= 0.6 is 0 Å². The van der Waals surface area contributed by atoms with Crippen LogP contribution < -0.4 is 0 Å². The average Bonchev–Trinajstić information content (AvgIpc) is 2.40. The lowest BCUT2D eigenvalue weighted by Gasteiger charge is -2.41. The highest BCUT2D eigenvalue weighted by Crippen LogP contribution is 2.45. The molecule has 21 heavy (non-hydrogen) atoms. The first-order chi connectivity index (χ1) is 9.87. The number of nitriles is 1. The second-order valence-electron chi connectivity index (χ2n) is 4.81. The monoisotopic (exact) mass is 295 g/mol. The number of carbonyl (C=O) groups is 1. The van der Waals surface area contributed by atoms with E-state index in [1.807, 2.05) is 0 Å². The molecule has 0 atom stereocenters. The van der Waals surface area contributed by atoms with Gasteiger partial charge in [0, 0.05) is 12.2 Å². The van der Waals surface area contributed by atoms with E-state index < -0.39 is 23.3 Å². The molecule has 6 heteroatoms. The molecular weight excluding hydrogens is 283 g/mol.